The number of ether oxygens (including phenoxy) is 1. The summed E-state index contributed by atoms with van der Waals surface area (Å²) in [5.41, 5.74) is 4.64. The molecule has 0 saturated heterocycles. The first-order valence-corrected chi connectivity index (χ1v) is 9.22. The van der Waals surface area contributed by atoms with Crippen LogP contribution < -0.4 is 15.4 Å². The van der Waals surface area contributed by atoms with Gasteiger partial charge in [0.05, 0.1) is 11.9 Å². The van der Waals surface area contributed by atoms with E-state index in [9.17, 15) is 18.0 Å². The predicted octanol–water partition coefficient (Wildman–Crippen LogP) is 4.42. The van der Waals surface area contributed by atoms with E-state index in [1.807, 2.05) is 13.8 Å². The number of carboxylic acid groups (broad SMARTS) is 1. The van der Waals surface area contributed by atoms with Crippen LogP contribution in [-0.4, -0.2) is 40.4 Å². The molecule has 30 heavy (non-hydrogen) atoms. The molecular formula is C20H25F3N4O3. The Bertz CT molecular complexity index is 901. The summed E-state index contributed by atoms with van der Waals surface area (Å²) >= 11 is 0. The zero-order chi connectivity index (χ0) is 22.7. The standard InChI is InChI=1S/C20H25F3N4O3/c1-12(2)9-19(3,24)11-30-16-10-26-15(8-14(16)20(21,22)23)13-5-6-25-17(7-13)27(4)18(28)29/h5-8,10,12H,9,11,24H2,1-4H3,(H,28,29)/t19-/m1/s1. The number of carbonyl (C=O) groups is 1. The molecular weight excluding hydrogens is 401 g/mol. The van der Waals surface area contributed by atoms with Crippen LogP contribution in [0.25, 0.3) is 11.3 Å². The SMILES string of the molecule is CC(C)C[C@@](C)(N)COc1cnc(-c2ccnc(N(C)C(=O)O)c2)cc1C(F)(F)F. The molecule has 2 rings (SSSR count). The summed E-state index contributed by atoms with van der Waals surface area (Å²) in [6, 6.07) is 3.66. The number of nitrogens with zero attached hydrogens (tertiary/aromatic N) is 3. The molecule has 0 aromatic carbocycles. The molecule has 0 fully saturated rings. The second kappa shape index (κ2) is 8.86. The van der Waals surface area contributed by atoms with E-state index in [0.29, 0.717) is 6.42 Å². The van der Waals surface area contributed by atoms with Crippen LogP contribution in [-0.2, 0) is 6.18 Å². The first-order valence-electron chi connectivity index (χ1n) is 9.22. The summed E-state index contributed by atoms with van der Waals surface area (Å²) in [6.07, 6.45) is -3.04. The number of anilines is 1. The van der Waals surface area contributed by atoms with Gasteiger partial charge in [0.2, 0.25) is 0 Å². The van der Waals surface area contributed by atoms with E-state index in [0.717, 1.165) is 17.2 Å². The zero-order valence-corrected chi connectivity index (χ0v) is 17.2. The maximum Gasteiger partial charge on any atom is 0.420 e. The molecule has 1 atom stereocenters. The third-order valence-corrected chi connectivity index (χ3v) is 4.28. The van der Waals surface area contributed by atoms with E-state index < -0.39 is 29.1 Å². The van der Waals surface area contributed by atoms with Gasteiger partial charge in [-0.2, -0.15) is 13.2 Å². The quantitative estimate of drug-likeness (QED) is 0.680. The molecule has 0 aliphatic heterocycles. The van der Waals surface area contributed by atoms with Crippen LogP contribution in [0.2, 0.25) is 0 Å². The number of nitrogens with two attached hydrogens (primary N) is 1. The van der Waals surface area contributed by atoms with Gasteiger partial charge in [-0.1, -0.05) is 13.8 Å². The van der Waals surface area contributed by atoms with E-state index in [4.69, 9.17) is 15.6 Å². The Morgan fingerprint density at radius 2 is 1.97 bits per heavy atom. The van der Waals surface area contributed by atoms with Gasteiger partial charge in [-0.25, -0.2) is 9.78 Å². The molecule has 1 amide bonds. The zero-order valence-electron chi connectivity index (χ0n) is 17.2. The Labute approximate surface area is 172 Å². The first-order chi connectivity index (χ1) is 13.8. The summed E-state index contributed by atoms with van der Waals surface area (Å²) in [5, 5.41) is 9.06. The number of hydrogen-bond donors (Lipinski definition) is 2. The average Bonchev–Trinajstić information content (AvgIpc) is 2.64. The van der Waals surface area contributed by atoms with Gasteiger partial charge in [-0.3, -0.25) is 9.88 Å². The molecule has 0 bridgehead atoms. The molecule has 0 aliphatic carbocycles. The molecule has 10 heteroatoms. The van der Waals surface area contributed by atoms with Crippen LogP contribution in [0.1, 0.15) is 32.8 Å². The van der Waals surface area contributed by atoms with Crippen molar-refractivity contribution >= 4 is 11.9 Å². The summed E-state index contributed by atoms with van der Waals surface area (Å²) in [4.78, 5) is 19.9. The van der Waals surface area contributed by atoms with Gasteiger partial charge in [0.1, 0.15) is 23.7 Å². The molecule has 164 valence electrons. The van der Waals surface area contributed by atoms with Crippen molar-refractivity contribution in [3.8, 4) is 17.0 Å². The molecule has 2 aromatic heterocycles. The molecule has 0 saturated carbocycles. The van der Waals surface area contributed by atoms with Crippen LogP contribution in [0.5, 0.6) is 5.75 Å². The van der Waals surface area contributed by atoms with Crippen molar-refractivity contribution in [1.29, 1.82) is 0 Å². The minimum absolute atomic E-state index is 0.00908. The molecule has 2 aromatic rings. The van der Waals surface area contributed by atoms with Gasteiger partial charge in [-0.15, -0.1) is 0 Å². The van der Waals surface area contributed by atoms with Gasteiger partial charge < -0.3 is 15.6 Å². The highest BCUT2D eigenvalue weighted by molar-refractivity contribution is 5.84. The maximum atomic E-state index is 13.7. The highest BCUT2D eigenvalue weighted by atomic mass is 19.4. The average molecular weight is 426 g/mol. The number of halogens is 3. The fourth-order valence-corrected chi connectivity index (χ4v) is 3.03. The number of pyridine rings is 2. The molecule has 0 radical (unpaired) electrons. The second-order valence-electron chi connectivity index (χ2n) is 7.85. The normalized spacial score (nSPS) is 13.8. The Morgan fingerprint density at radius 3 is 2.53 bits per heavy atom. The Hall–Kier alpha value is -2.88. The van der Waals surface area contributed by atoms with Crippen LogP contribution >= 0.6 is 0 Å². The van der Waals surface area contributed by atoms with Crippen LogP contribution in [0, 0.1) is 5.92 Å². The molecule has 0 aliphatic rings. The molecule has 2 heterocycles. The molecule has 7 nitrogen and oxygen atoms in total. The van der Waals surface area contributed by atoms with E-state index >= 15 is 0 Å². The van der Waals surface area contributed by atoms with Crippen molar-refractivity contribution < 1.29 is 27.8 Å². The lowest BCUT2D eigenvalue weighted by Crippen LogP contribution is -2.43. The van der Waals surface area contributed by atoms with Crippen molar-refractivity contribution in [1.82, 2.24) is 9.97 Å². The van der Waals surface area contributed by atoms with Crippen molar-refractivity contribution in [2.75, 3.05) is 18.6 Å². The summed E-state index contributed by atoms with van der Waals surface area (Å²) < 4.78 is 46.4. The topological polar surface area (TPSA) is 102 Å². The highest BCUT2D eigenvalue weighted by Crippen LogP contribution is 2.38. The Morgan fingerprint density at radius 1 is 1.30 bits per heavy atom. The molecule has 0 spiro atoms. The number of amides is 1. The number of rotatable bonds is 7. The lowest BCUT2D eigenvalue weighted by atomic mass is 9.93. The van der Waals surface area contributed by atoms with Crippen LogP contribution in [0.4, 0.5) is 23.8 Å². The largest absolute Gasteiger partial charge is 0.489 e. The van der Waals surface area contributed by atoms with E-state index in [1.165, 1.54) is 25.4 Å². The van der Waals surface area contributed by atoms with E-state index in [-0.39, 0.29) is 29.6 Å². The smallest absolute Gasteiger partial charge is 0.420 e. The van der Waals surface area contributed by atoms with Gasteiger partial charge in [0.15, 0.2) is 0 Å². The predicted molar refractivity (Wildman–Crippen MR) is 106 cm³/mol. The summed E-state index contributed by atoms with van der Waals surface area (Å²) in [7, 11) is 1.28. The summed E-state index contributed by atoms with van der Waals surface area (Å²) in [5.74, 6) is -0.0945. The van der Waals surface area contributed by atoms with Gasteiger partial charge in [0.25, 0.3) is 0 Å². The monoisotopic (exact) mass is 426 g/mol. The van der Waals surface area contributed by atoms with E-state index in [1.54, 1.807) is 6.92 Å². The third-order valence-electron chi connectivity index (χ3n) is 4.28. The first kappa shape index (κ1) is 23.4. The van der Waals surface area contributed by atoms with Gasteiger partial charge in [0, 0.05) is 24.3 Å². The number of aromatic nitrogens is 2. The Kier molecular flexibility index (Phi) is 6.91. The van der Waals surface area contributed by atoms with Crippen molar-refractivity contribution in [3.05, 3.63) is 36.2 Å². The molecule has 0 unspecified atom stereocenters. The van der Waals surface area contributed by atoms with Crippen molar-refractivity contribution in [2.45, 2.75) is 38.9 Å². The fraction of sp³-hybridized carbons (Fsp3) is 0.450. The minimum atomic E-state index is -4.68. The number of hydrogen-bond acceptors (Lipinski definition) is 5. The maximum absolute atomic E-state index is 13.7. The van der Waals surface area contributed by atoms with Gasteiger partial charge in [-0.05, 0) is 37.5 Å². The molecule has 3 N–H and O–H groups in total. The van der Waals surface area contributed by atoms with Crippen LogP contribution in [0.15, 0.2) is 30.6 Å². The van der Waals surface area contributed by atoms with E-state index in [2.05, 4.69) is 9.97 Å². The van der Waals surface area contributed by atoms with Gasteiger partial charge >= 0.3 is 12.3 Å². The Balaban J connectivity index is 2.38. The third kappa shape index (κ3) is 6.06. The summed E-state index contributed by atoms with van der Waals surface area (Å²) in [6.45, 7) is 5.55. The number of alkyl halides is 3. The highest BCUT2D eigenvalue weighted by Gasteiger charge is 2.36. The fourth-order valence-electron chi connectivity index (χ4n) is 3.03. The van der Waals surface area contributed by atoms with Crippen LogP contribution in [0.3, 0.4) is 0 Å². The van der Waals surface area contributed by atoms with Crippen molar-refractivity contribution in [3.63, 3.8) is 0 Å². The lowest BCUT2D eigenvalue weighted by molar-refractivity contribution is -0.139. The lowest BCUT2D eigenvalue weighted by Gasteiger charge is -2.27. The second-order valence-corrected chi connectivity index (χ2v) is 7.85. The van der Waals surface area contributed by atoms with Crippen molar-refractivity contribution in [2.24, 2.45) is 11.7 Å². The minimum Gasteiger partial charge on any atom is -0.489 e.